The quantitative estimate of drug-likeness (QED) is 0.349. The van der Waals surface area contributed by atoms with Crippen molar-refractivity contribution >= 4 is 22.8 Å². The van der Waals surface area contributed by atoms with Crippen LogP contribution >= 0.6 is 11.3 Å². The molecule has 0 bridgehead atoms. The molecule has 31 heavy (non-hydrogen) atoms. The Bertz CT molecular complexity index is 1230. The zero-order valence-corrected chi connectivity index (χ0v) is 19.4. The van der Waals surface area contributed by atoms with Gasteiger partial charge in [-0.15, -0.1) is 17.8 Å². The van der Waals surface area contributed by atoms with Crippen LogP contribution in [0.2, 0.25) is 0 Å². The summed E-state index contributed by atoms with van der Waals surface area (Å²) in [6, 6.07) is 6.03. The largest absolute Gasteiger partial charge is 0.364 e. The van der Waals surface area contributed by atoms with Crippen LogP contribution in [0.15, 0.2) is 48.4 Å². The van der Waals surface area contributed by atoms with Crippen LogP contribution in [0.4, 0.5) is 5.82 Å². The molecule has 3 aromatic rings. The highest BCUT2D eigenvalue weighted by atomic mass is 32.1. The predicted molar refractivity (Wildman–Crippen MR) is 129 cm³/mol. The molecular weight excluding hydrogens is 402 g/mol. The monoisotopic (exact) mass is 429 g/mol. The van der Waals surface area contributed by atoms with Crippen LogP contribution in [0, 0.1) is 17.8 Å². The van der Waals surface area contributed by atoms with Gasteiger partial charge in [0.05, 0.1) is 16.8 Å². The number of thiophene rings is 1. The number of nitrogens with zero attached hydrogens (tertiary/aromatic N) is 4. The molecule has 4 heterocycles. The van der Waals surface area contributed by atoms with E-state index in [4.69, 9.17) is 11.4 Å². The first-order valence-corrected chi connectivity index (χ1v) is 11.2. The maximum Gasteiger partial charge on any atom is 0.157 e. The normalized spacial score (nSPS) is 12.1. The van der Waals surface area contributed by atoms with Gasteiger partial charge in [0, 0.05) is 35.3 Å². The van der Waals surface area contributed by atoms with Crippen molar-refractivity contribution in [3.05, 3.63) is 53.9 Å². The first kappa shape index (κ1) is 21.1. The number of hydrogen-bond donors (Lipinski definition) is 1. The van der Waals surface area contributed by atoms with E-state index in [2.05, 4.69) is 61.9 Å². The first-order valence-electron chi connectivity index (χ1n) is 10.3. The molecule has 6 heteroatoms. The Hall–Kier alpha value is -3.17. The minimum atomic E-state index is -0.0974. The second-order valence-corrected chi connectivity index (χ2v) is 10.5. The average molecular weight is 430 g/mol. The van der Waals surface area contributed by atoms with E-state index >= 15 is 0 Å². The van der Waals surface area contributed by atoms with Crippen molar-refractivity contribution in [1.82, 2.24) is 19.4 Å². The molecule has 0 atom stereocenters. The van der Waals surface area contributed by atoms with E-state index in [-0.39, 0.29) is 11.0 Å². The number of rotatable bonds is 4. The van der Waals surface area contributed by atoms with Crippen LogP contribution in [0.1, 0.15) is 46.6 Å². The Balaban J connectivity index is 0.000000325. The van der Waals surface area contributed by atoms with Crippen LogP contribution in [0.5, 0.6) is 0 Å². The van der Waals surface area contributed by atoms with Gasteiger partial charge in [-0.1, -0.05) is 26.7 Å². The Labute approximate surface area is 187 Å². The number of hydrogen-bond acceptors (Lipinski definition) is 5. The van der Waals surface area contributed by atoms with Crippen LogP contribution in [-0.2, 0) is 0 Å². The lowest BCUT2D eigenvalue weighted by Gasteiger charge is -2.34. The van der Waals surface area contributed by atoms with Gasteiger partial charge in [0.25, 0.3) is 0 Å². The minimum absolute atomic E-state index is 0.0974. The fourth-order valence-corrected chi connectivity index (χ4v) is 4.88. The van der Waals surface area contributed by atoms with Crippen LogP contribution in [0.25, 0.3) is 27.5 Å². The second-order valence-electron chi connectivity index (χ2n) is 9.60. The molecule has 0 saturated carbocycles. The zero-order chi connectivity index (χ0) is 22.2. The second kappa shape index (κ2) is 7.82. The molecular formula is C25H27N5S. The highest BCUT2D eigenvalue weighted by Gasteiger charge is 2.28. The van der Waals surface area contributed by atoms with Crippen LogP contribution in [0.3, 0.4) is 0 Å². The van der Waals surface area contributed by atoms with E-state index in [9.17, 15) is 0 Å². The topological polar surface area (TPSA) is 55.1 Å². The lowest BCUT2D eigenvalue weighted by Crippen LogP contribution is -2.36. The number of anilines is 1. The number of aromatic nitrogens is 4. The van der Waals surface area contributed by atoms with Gasteiger partial charge in [-0.2, -0.15) is 0 Å². The molecule has 5 nitrogen and oxygen atoms in total. The summed E-state index contributed by atoms with van der Waals surface area (Å²) in [5.41, 5.74) is 5.18. The van der Waals surface area contributed by atoms with Crippen molar-refractivity contribution in [2.24, 2.45) is 5.41 Å². The third-order valence-corrected chi connectivity index (χ3v) is 5.88. The van der Waals surface area contributed by atoms with Crippen molar-refractivity contribution in [2.75, 3.05) is 5.32 Å². The maximum absolute atomic E-state index is 5.68. The summed E-state index contributed by atoms with van der Waals surface area (Å²) >= 11 is 1.62. The summed E-state index contributed by atoms with van der Waals surface area (Å²) in [4.78, 5) is 13.9. The molecule has 0 unspecified atom stereocenters. The van der Waals surface area contributed by atoms with Gasteiger partial charge in [0.15, 0.2) is 5.65 Å². The lowest BCUT2D eigenvalue weighted by atomic mass is 9.82. The maximum atomic E-state index is 5.68. The zero-order valence-electron chi connectivity index (χ0n) is 18.6. The molecule has 2 aliphatic rings. The van der Waals surface area contributed by atoms with Gasteiger partial charge in [-0.3, -0.25) is 14.4 Å². The Morgan fingerprint density at radius 1 is 1.13 bits per heavy atom. The first-order chi connectivity index (χ1) is 14.7. The molecule has 0 amide bonds. The number of pyridine rings is 1. The fourth-order valence-electron chi connectivity index (χ4n) is 4.04. The van der Waals surface area contributed by atoms with Gasteiger partial charge in [-0.05, 0) is 49.3 Å². The molecule has 0 radical (unpaired) electrons. The summed E-state index contributed by atoms with van der Waals surface area (Å²) in [5, 5.41) is 5.73. The average Bonchev–Trinajstić information content (AvgIpc) is 3.27. The molecule has 1 aliphatic carbocycles. The summed E-state index contributed by atoms with van der Waals surface area (Å²) < 4.78 is 2.05. The van der Waals surface area contributed by atoms with Gasteiger partial charge in [0.1, 0.15) is 11.5 Å². The highest BCUT2D eigenvalue weighted by Crippen LogP contribution is 2.37. The SMILES string of the molecule is C#Cc1ccsc1-c1nc2cnccn2c1NC(C)(C)CC(C)(C)C.c1cc2ncc1-2. The van der Waals surface area contributed by atoms with Gasteiger partial charge in [-0.25, -0.2) is 4.98 Å². The van der Waals surface area contributed by atoms with Gasteiger partial charge >= 0.3 is 0 Å². The molecule has 0 fully saturated rings. The molecule has 0 saturated heterocycles. The lowest BCUT2D eigenvalue weighted by molar-refractivity contribution is 0.302. The van der Waals surface area contributed by atoms with Crippen molar-refractivity contribution < 1.29 is 0 Å². The predicted octanol–water partition coefficient (Wildman–Crippen LogP) is 6.13. The summed E-state index contributed by atoms with van der Waals surface area (Å²) in [6.07, 6.45) is 14.0. The van der Waals surface area contributed by atoms with E-state index in [0.29, 0.717) is 0 Å². The van der Waals surface area contributed by atoms with Crippen molar-refractivity contribution in [1.29, 1.82) is 0 Å². The highest BCUT2D eigenvalue weighted by molar-refractivity contribution is 7.13. The van der Waals surface area contributed by atoms with Crippen molar-refractivity contribution in [3.8, 4) is 34.2 Å². The third-order valence-electron chi connectivity index (χ3n) is 4.95. The summed E-state index contributed by atoms with van der Waals surface area (Å²) in [5.74, 6) is 3.73. The summed E-state index contributed by atoms with van der Waals surface area (Å²) in [7, 11) is 0. The minimum Gasteiger partial charge on any atom is -0.364 e. The van der Waals surface area contributed by atoms with E-state index in [1.165, 1.54) is 11.3 Å². The van der Waals surface area contributed by atoms with E-state index < -0.39 is 0 Å². The Kier molecular flexibility index (Phi) is 5.32. The number of nitrogens with one attached hydrogen (secondary N) is 1. The third kappa shape index (κ3) is 4.47. The number of imidazole rings is 1. The molecule has 0 spiro atoms. The van der Waals surface area contributed by atoms with Crippen LogP contribution < -0.4 is 5.32 Å². The van der Waals surface area contributed by atoms with Crippen molar-refractivity contribution in [3.63, 3.8) is 0 Å². The number of terminal acetylenes is 1. The molecule has 5 rings (SSSR count). The smallest absolute Gasteiger partial charge is 0.157 e. The molecule has 1 N–H and O–H groups in total. The molecule has 0 aromatic carbocycles. The Morgan fingerprint density at radius 2 is 1.90 bits per heavy atom. The van der Waals surface area contributed by atoms with E-state index in [0.717, 1.165) is 34.0 Å². The standard InChI is InChI=1S/C20H24N4S.C5H3N/c1-7-14-8-11-25-17(14)16-18(23-20(5,6)13-19(2,3)4)24-10-9-21-12-15(24)22-16;1-2-5-4(1)3-6-5/h1,8-12,23H,13H2,2-6H3;1-3H. The van der Waals surface area contributed by atoms with Crippen molar-refractivity contribution in [2.45, 2.75) is 46.6 Å². The number of fused-ring (bicyclic) bond motifs is 2. The molecule has 1 aliphatic heterocycles. The van der Waals surface area contributed by atoms with Gasteiger partial charge in [0.2, 0.25) is 0 Å². The van der Waals surface area contributed by atoms with Crippen LogP contribution in [-0.4, -0.2) is 24.9 Å². The van der Waals surface area contributed by atoms with E-state index in [1.54, 1.807) is 23.7 Å². The summed E-state index contributed by atoms with van der Waals surface area (Å²) in [6.45, 7) is 11.2. The molecule has 158 valence electrons. The Morgan fingerprint density at radius 3 is 2.45 bits per heavy atom. The van der Waals surface area contributed by atoms with Gasteiger partial charge < -0.3 is 5.32 Å². The fraction of sp³-hybridized carbons (Fsp3) is 0.320. The van der Waals surface area contributed by atoms with E-state index in [1.807, 2.05) is 34.3 Å². The molecule has 3 aromatic heterocycles.